The molecule has 0 unspecified atom stereocenters. The fourth-order valence-corrected chi connectivity index (χ4v) is 3.09. The number of amides is 2. The molecule has 0 spiro atoms. The van der Waals surface area contributed by atoms with Crippen LogP contribution in [-0.4, -0.2) is 18.1 Å². The number of thiazole rings is 1. The van der Waals surface area contributed by atoms with Gasteiger partial charge in [-0.25, -0.2) is 9.78 Å². The summed E-state index contributed by atoms with van der Waals surface area (Å²) in [5.74, 6) is 0.605. The number of anilines is 2. The Balaban J connectivity index is 1.67. The molecular formula is C19H19N3O2S. The number of nitrogens with one attached hydrogen (secondary N) is 2. The molecule has 3 aromatic rings. The average Bonchev–Trinajstić information content (AvgIpc) is 3.10. The molecule has 0 saturated heterocycles. The second-order valence-electron chi connectivity index (χ2n) is 5.37. The van der Waals surface area contributed by atoms with Gasteiger partial charge < -0.3 is 10.1 Å². The zero-order valence-corrected chi connectivity index (χ0v) is 14.9. The van der Waals surface area contributed by atoms with Gasteiger partial charge in [0.25, 0.3) is 0 Å². The number of para-hydroxylation sites is 2. The summed E-state index contributed by atoms with van der Waals surface area (Å²) in [4.78, 5) is 16.6. The predicted octanol–water partition coefficient (Wildman–Crippen LogP) is 5.03. The van der Waals surface area contributed by atoms with E-state index in [0.717, 1.165) is 17.7 Å². The summed E-state index contributed by atoms with van der Waals surface area (Å²) in [5.41, 5.74) is 3.77. The minimum atomic E-state index is -0.355. The van der Waals surface area contributed by atoms with Gasteiger partial charge in [-0.05, 0) is 24.1 Å². The van der Waals surface area contributed by atoms with Crippen molar-refractivity contribution in [3.05, 3.63) is 59.5 Å². The lowest BCUT2D eigenvalue weighted by Crippen LogP contribution is -2.19. The van der Waals surface area contributed by atoms with Gasteiger partial charge >= 0.3 is 6.03 Å². The lowest BCUT2D eigenvalue weighted by Gasteiger charge is -2.09. The molecule has 0 aliphatic carbocycles. The maximum atomic E-state index is 12.2. The van der Waals surface area contributed by atoms with Crippen LogP contribution in [0.15, 0.2) is 53.9 Å². The zero-order chi connectivity index (χ0) is 17.6. The second-order valence-corrected chi connectivity index (χ2v) is 6.23. The molecule has 25 heavy (non-hydrogen) atoms. The first-order valence-corrected chi connectivity index (χ1v) is 8.83. The van der Waals surface area contributed by atoms with Crippen molar-refractivity contribution in [2.45, 2.75) is 13.3 Å². The van der Waals surface area contributed by atoms with E-state index in [1.165, 1.54) is 16.9 Å². The summed E-state index contributed by atoms with van der Waals surface area (Å²) in [6.45, 7) is 2.13. The normalized spacial score (nSPS) is 10.3. The number of aromatic nitrogens is 1. The van der Waals surface area contributed by atoms with Crippen molar-refractivity contribution in [3.8, 4) is 17.0 Å². The molecule has 1 heterocycles. The van der Waals surface area contributed by atoms with Crippen LogP contribution in [0, 0.1) is 0 Å². The number of carbonyl (C=O) groups excluding carboxylic acids is 1. The van der Waals surface area contributed by atoms with Crippen LogP contribution in [0.5, 0.6) is 5.75 Å². The Morgan fingerprint density at radius 1 is 1.12 bits per heavy atom. The molecule has 128 valence electrons. The van der Waals surface area contributed by atoms with Crippen molar-refractivity contribution >= 4 is 28.2 Å². The molecule has 6 heteroatoms. The highest BCUT2D eigenvalue weighted by Gasteiger charge is 2.10. The summed E-state index contributed by atoms with van der Waals surface area (Å²) in [6.07, 6.45) is 1.01. The van der Waals surface area contributed by atoms with Crippen LogP contribution in [0.2, 0.25) is 0 Å². The molecule has 3 rings (SSSR count). The molecule has 2 amide bonds. The zero-order valence-electron chi connectivity index (χ0n) is 14.1. The van der Waals surface area contributed by atoms with Gasteiger partial charge in [0, 0.05) is 10.9 Å². The molecule has 0 aliphatic heterocycles. The first-order chi connectivity index (χ1) is 12.2. The smallest absolute Gasteiger partial charge is 0.325 e. The van der Waals surface area contributed by atoms with Gasteiger partial charge in [0.2, 0.25) is 0 Å². The molecule has 0 atom stereocenters. The van der Waals surface area contributed by atoms with E-state index in [9.17, 15) is 4.79 Å². The molecule has 0 saturated carbocycles. The minimum Gasteiger partial charge on any atom is -0.495 e. The fourth-order valence-electron chi connectivity index (χ4n) is 2.37. The van der Waals surface area contributed by atoms with Crippen molar-refractivity contribution in [2.75, 3.05) is 17.7 Å². The van der Waals surface area contributed by atoms with Gasteiger partial charge in [-0.15, -0.1) is 11.3 Å². The monoisotopic (exact) mass is 353 g/mol. The summed E-state index contributed by atoms with van der Waals surface area (Å²) in [6, 6.07) is 15.2. The van der Waals surface area contributed by atoms with E-state index < -0.39 is 0 Å². The molecule has 0 fully saturated rings. The van der Waals surface area contributed by atoms with Crippen molar-refractivity contribution in [1.29, 1.82) is 0 Å². The minimum absolute atomic E-state index is 0.355. The van der Waals surface area contributed by atoms with E-state index in [0.29, 0.717) is 16.6 Å². The van der Waals surface area contributed by atoms with E-state index in [2.05, 4.69) is 34.7 Å². The third kappa shape index (κ3) is 4.16. The number of urea groups is 1. The third-order valence-electron chi connectivity index (χ3n) is 3.74. The molecule has 1 aromatic heterocycles. The number of rotatable bonds is 5. The number of hydrogen-bond donors (Lipinski definition) is 2. The molecular weight excluding hydrogens is 334 g/mol. The van der Waals surface area contributed by atoms with Crippen molar-refractivity contribution in [1.82, 2.24) is 4.98 Å². The maximum absolute atomic E-state index is 12.2. The highest BCUT2D eigenvalue weighted by molar-refractivity contribution is 7.14. The van der Waals surface area contributed by atoms with Crippen molar-refractivity contribution in [3.63, 3.8) is 0 Å². The fraction of sp³-hybridized carbons (Fsp3) is 0.158. The van der Waals surface area contributed by atoms with Crippen LogP contribution in [0.25, 0.3) is 11.3 Å². The first kappa shape index (κ1) is 17.0. The quantitative estimate of drug-likeness (QED) is 0.676. The lowest BCUT2D eigenvalue weighted by atomic mass is 10.1. The topological polar surface area (TPSA) is 63.2 Å². The first-order valence-electron chi connectivity index (χ1n) is 7.95. The maximum Gasteiger partial charge on any atom is 0.325 e. The number of nitrogens with zero attached hydrogens (tertiary/aromatic N) is 1. The molecule has 0 radical (unpaired) electrons. The van der Waals surface area contributed by atoms with Gasteiger partial charge in [-0.2, -0.15) is 0 Å². The SMILES string of the molecule is CCc1ccc(-c2csc(NC(=O)Nc3ccccc3OC)n2)cc1. The van der Waals surface area contributed by atoms with Gasteiger partial charge in [-0.3, -0.25) is 5.32 Å². The number of benzene rings is 2. The Bertz CT molecular complexity index is 859. The Hall–Kier alpha value is -2.86. The Morgan fingerprint density at radius 3 is 2.60 bits per heavy atom. The number of carbonyl (C=O) groups is 1. The number of aryl methyl sites for hydroxylation is 1. The summed E-state index contributed by atoms with van der Waals surface area (Å²) in [5, 5.41) is 8.00. The Labute approximate surface area is 150 Å². The van der Waals surface area contributed by atoms with Crippen LogP contribution in [0.3, 0.4) is 0 Å². The van der Waals surface area contributed by atoms with Crippen LogP contribution in [0.1, 0.15) is 12.5 Å². The van der Waals surface area contributed by atoms with Crippen LogP contribution >= 0.6 is 11.3 Å². The van der Waals surface area contributed by atoms with E-state index in [1.807, 2.05) is 29.6 Å². The summed E-state index contributed by atoms with van der Waals surface area (Å²) in [7, 11) is 1.56. The molecule has 0 aliphatic rings. The lowest BCUT2D eigenvalue weighted by molar-refractivity contribution is 0.262. The molecule has 5 nitrogen and oxygen atoms in total. The predicted molar refractivity (Wildman–Crippen MR) is 103 cm³/mol. The molecule has 0 bridgehead atoms. The van der Waals surface area contributed by atoms with Crippen LogP contribution in [0.4, 0.5) is 15.6 Å². The second kappa shape index (κ2) is 7.81. The number of hydrogen-bond acceptors (Lipinski definition) is 4. The Kier molecular flexibility index (Phi) is 5.30. The van der Waals surface area contributed by atoms with Crippen molar-refractivity contribution < 1.29 is 9.53 Å². The van der Waals surface area contributed by atoms with Gasteiger partial charge in [0.15, 0.2) is 5.13 Å². The third-order valence-corrected chi connectivity index (χ3v) is 4.50. The Morgan fingerprint density at radius 2 is 1.88 bits per heavy atom. The summed E-state index contributed by atoms with van der Waals surface area (Å²) < 4.78 is 5.22. The number of methoxy groups -OCH3 is 1. The van der Waals surface area contributed by atoms with Crippen LogP contribution in [-0.2, 0) is 6.42 Å². The molecule has 2 N–H and O–H groups in total. The van der Waals surface area contributed by atoms with E-state index >= 15 is 0 Å². The standard InChI is InChI=1S/C19H19N3O2S/c1-3-13-8-10-14(11-9-13)16-12-25-19(21-16)22-18(23)20-15-6-4-5-7-17(15)24-2/h4-12H,3H2,1-2H3,(H2,20,21,22,23). The average molecular weight is 353 g/mol. The van der Waals surface area contributed by atoms with Crippen molar-refractivity contribution in [2.24, 2.45) is 0 Å². The molecule has 2 aromatic carbocycles. The van der Waals surface area contributed by atoms with E-state index in [-0.39, 0.29) is 6.03 Å². The largest absolute Gasteiger partial charge is 0.495 e. The van der Waals surface area contributed by atoms with Gasteiger partial charge in [0.1, 0.15) is 5.75 Å². The van der Waals surface area contributed by atoms with Gasteiger partial charge in [0.05, 0.1) is 18.5 Å². The van der Waals surface area contributed by atoms with E-state index in [1.54, 1.807) is 19.2 Å². The highest BCUT2D eigenvalue weighted by Crippen LogP contribution is 2.26. The van der Waals surface area contributed by atoms with Gasteiger partial charge in [-0.1, -0.05) is 43.3 Å². The number of ether oxygens (including phenoxy) is 1. The van der Waals surface area contributed by atoms with E-state index in [4.69, 9.17) is 4.74 Å². The van der Waals surface area contributed by atoms with Crippen LogP contribution < -0.4 is 15.4 Å². The highest BCUT2D eigenvalue weighted by atomic mass is 32.1. The summed E-state index contributed by atoms with van der Waals surface area (Å²) >= 11 is 1.39.